The number of aryl methyl sites for hydroxylation is 1. The Morgan fingerprint density at radius 3 is 2.29 bits per heavy atom. The van der Waals surface area contributed by atoms with E-state index in [2.05, 4.69) is 24.3 Å². The maximum absolute atomic E-state index is 13.2. The second-order valence-corrected chi connectivity index (χ2v) is 8.41. The van der Waals surface area contributed by atoms with Crippen molar-refractivity contribution in [3.8, 4) is 5.69 Å². The van der Waals surface area contributed by atoms with Crippen molar-refractivity contribution in [1.82, 2.24) is 19.7 Å². The maximum Gasteiger partial charge on any atom is 0.352 e. The molecule has 0 aliphatic heterocycles. The predicted molar refractivity (Wildman–Crippen MR) is 119 cm³/mol. The van der Waals surface area contributed by atoms with Crippen LogP contribution in [0.25, 0.3) is 5.69 Å². The SMILES string of the molecule is Cc1ccc(Cn2c(=O)c(C(=O)NC3CC3)nn(-c3ccc(C(C)C)cc3)c2=O)cc1. The van der Waals surface area contributed by atoms with Crippen LogP contribution >= 0.6 is 0 Å². The number of nitrogens with one attached hydrogen (secondary N) is 1. The zero-order chi connectivity index (χ0) is 22.1. The summed E-state index contributed by atoms with van der Waals surface area (Å²) in [7, 11) is 0. The summed E-state index contributed by atoms with van der Waals surface area (Å²) in [6.07, 6.45) is 1.78. The van der Waals surface area contributed by atoms with E-state index in [-0.39, 0.29) is 18.3 Å². The first-order chi connectivity index (χ1) is 14.8. The molecule has 0 radical (unpaired) electrons. The molecule has 0 bridgehead atoms. The van der Waals surface area contributed by atoms with Gasteiger partial charge in [-0.15, -0.1) is 0 Å². The third-order valence-corrected chi connectivity index (χ3v) is 5.45. The molecule has 1 fully saturated rings. The minimum atomic E-state index is -0.682. The first kappa shape index (κ1) is 20.8. The molecule has 3 aromatic rings. The number of hydrogen-bond acceptors (Lipinski definition) is 4. The smallest absolute Gasteiger partial charge is 0.348 e. The van der Waals surface area contributed by atoms with E-state index in [4.69, 9.17) is 0 Å². The Morgan fingerprint density at radius 1 is 1.06 bits per heavy atom. The molecule has 2 aromatic carbocycles. The van der Waals surface area contributed by atoms with Crippen molar-refractivity contribution in [2.75, 3.05) is 0 Å². The highest BCUT2D eigenvalue weighted by molar-refractivity contribution is 5.92. The summed E-state index contributed by atoms with van der Waals surface area (Å²) in [5.74, 6) is -0.202. The molecule has 0 saturated heterocycles. The lowest BCUT2D eigenvalue weighted by Gasteiger charge is -2.13. The van der Waals surface area contributed by atoms with Gasteiger partial charge in [-0.3, -0.25) is 14.2 Å². The Hall–Kier alpha value is -3.48. The summed E-state index contributed by atoms with van der Waals surface area (Å²) in [6, 6.07) is 15.1. The van der Waals surface area contributed by atoms with Gasteiger partial charge in [-0.2, -0.15) is 9.78 Å². The molecule has 0 atom stereocenters. The summed E-state index contributed by atoms with van der Waals surface area (Å²) in [5, 5.41) is 6.97. The van der Waals surface area contributed by atoms with Crippen LogP contribution in [0.5, 0.6) is 0 Å². The van der Waals surface area contributed by atoms with E-state index in [0.29, 0.717) is 11.6 Å². The minimum absolute atomic E-state index is 0.0637. The summed E-state index contributed by atoms with van der Waals surface area (Å²) < 4.78 is 2.22. The van der Waals surface area contributed by atoms with Crippen LogP contribution in [0.1, 0.15) is 59.8 Å². The third-order valence-electron chi connectivity index (χ3n) is 5.45. The van der Waals surface area contributed by atoms with Gasteiger partial charge in [0.15, 0.2) is 0 Å². The molecule has 4 rings (SSSR count). The van der Waals surface area contributed by atoms with E-state index in [1.165, 1.54) is 0 Å². The molecule has 1 aliphatic carbocycles. The van der Waals surface area contributed by atoms with E-state index in [1.54, 1.807) is 12.1 Å². The van der Waals surface area contributed by atoms with Crippen LogP contribution in [0, 0.1) is 6.92 Å². The van der Waals surface area contributed by atoms with Crippen LogP contribution in [0.2, 0.25) is 0 Å². The van der Waals surface area contributed by atoms with Gasteiger partial charge in [-0.25, -0.2) is 4.79 Å². The summed E-state index contributed by atoms with van der Waals surface area (Å²) >= 11 is 0. The second kappa shape index (κ2) is 8.34. The Morgan fingerprint density at radius 2 is 1.71 bits per heavy atom. The number of carbonyl (C=O) groups excluding carboxylic acids is 1. The molecule has 1 saturated carbocycles. The van der Waals surface area contributed by atoms with Crippen LogP contribution in [-0.2, 0) is 6.54 Å². The monoisotopic (exact) mass is 418 g/mol. The maximum atomic E-state index is 13.2. The highest BCUT2D eigenvalue weighted by Gasteiger charge is 2.27. The van der Waals surface area contributed by atoms with E-state index in [9.17, 15) is 14.4 Å². The average molecular weight is 418 g/mol. The first-order valence-corrected chi connectivity index (χ1v) is 10.5. The highest BCUT2D eigenvalue weighted by Crippen LogP contribution is 2.19. The molecular formula is C24H26N4O3. The number of hydrogen-bond donors (Lipinski definition) is 1. The van der Waals surface area contributed by atoms with Gasteiger partial charge in [0, 0.05) is 6.04 Å². The number of aromatic nitrogens is 3. The van der Waals surface area contributed by atoms with Crippen molar-refractivity contribution < 1.29 is 4.79 Å². The van der Waals surface area contributed by atoms with E-state index in [0.717, 1.165) is 38.8 Å². The van der Waals surface area contributed by atoms with Crippen LogP contribution in [-0.4, -0.2) is 26.3 Å². The van der Waals surface area contributed by atoms with Crippen molar-refractivity contribution in [3.63, 3.8) is 0 Å². The Balaban J connectivity index is 1.83. The lowest BCUT2D eigenvalue weighted by molar-refractivity contribution is 0.0941. The summed E-state index contributed by atoms with van der Waals surface area (Å²) in [4.78, 5) is 39.0. The summed E-state index contributed by atoms with van der Waals surface area (Å²) in [6.45, 7) is 6.20. The topological polar surface area (TPSA) is 86.0 Å². The van der Waals surface area contributed by atoms with Crippen molar-refractivity contribution in [1.29, 1.82) is 0 Å². The fourth-order valence-corrected chi connectivity index (χ4v) is 3.32. The van der Waals surface area contributed by atoms with E-state index < -0.39 is 17.2 Å². The molecule has 160 valence electrons. The Bertz CT molecular complexity index is 1220. The van der Waals surface area contributed by atoms with Crippen molar-refractivity contribution >= 4 is 5.91 Å². The molecular weight excluding hydrogens is 392 g/mol. The average Bonchev–Trinajstić information content (AvgIpc) is 3.56. The number of rotatable bonds is 6. The van der Waals surface area contributed by atoms with Crippen molar-refractivity contribution in [2.45, 2.75) is 52.1 Å². The zero-order valence-electron chi connectivity index (χ0n) is 18.0. The Kier molecular flexibility index (Phi) is 5.59. The van der Waals surface area contributed by atoms with Crippen molar-refractivity contribution in [2.24, 2.45) is 0 Å². The number of benzene rings is 2. The van der Waals surface area contributed by atoms with Crippen LogP contribution < -0.4 is 16.6 Å². The molecule has 1 aliphatic rings. The second-order valence-electron chi connectivity index (χ2n) is 8.41. The normalized spacial score (nSPS) is 13.4. The minimum Gasteiger partial charge on any atom is -0.348 e. The molecule has 1 amide bonds. The molecule has 1 aromatic heterocycles. The van der Waals surface area contributed by atoms with Gasteiger partial charge in [0.25, 0.3) is 11.5 Å². The molecule has 7 nitrogen and oxygen atoms in total. The van der Waals surface area contributed by atoms with Gasteiger partial charge in [-0.1, -0.05) is 55.8 Å². The molecule has 31 heavy (non-hydrogen) atoms. The Labute approximate surface area is 180 Å². The number of amides is 1. The standard InChI is InChI=1S/C24H26N4O3/c1-15(2)18-8-12-20(13-9-18)28-24(31)27(14-17-6-4-16(3)5-7-17)23(30)21(26-28)22(29)25-19-10-11-19/h4-9,12-13,15,19H,10-11,14H2,1-3H3,(H,25,29). The van der Waals surface area contributed by atoms with Gasteiger partial charge >= 0.3 is 5.69 Å². The molecule has 7 heteroatoms. The van der Waals surface area contributed by atoms with Gasteiger partial charge in [0.05, 0.1) is 12.2 Å². The van der Waals surface area contributed by atoms with Crippen LogP contribution in [0.15, 0.2) is 58.1 Å². The quantitative estimate of drug-likeness (QED) is 0.667. The van der Waals surface area contributed by atoms with Crippen molar-refractivity contribution in [3.05, 3.63) is 91.8 Å². The van der Waals surface area contributed by atoms with Gasteiger partial charge in [-0.05, 0) is 48.9 Å². The lowest BCUT2D eigenvalue weighted by Crippen LogP contribution is -2.46. The van der Waals surface area contributed by atoms with Gasteiger partial charge < -0.3 is 5.32 Å². The fourth-order valence-electron chi connectivity index (χ4n) is 3.32. The van der Waals surface area contributed by atoms with E-state index >= 15 is 0 Å². The fraction of sp³-hybridized carbons (Fsp3) is 0.333. The number of carbonyl (C=O) groups is 1. The lowest BCUT2D eigenvalue weighted by atomic mass is 10.0. The highest BCUT2D eigenvalue weighted by atomic mass is 16.2. The molecule has 0 spiro atoms. The zero-order valence-corrected chi connectivity index (χ0v) is 18.0. The third kappa shape index (κ3) is 4.50. The molecule has 0 unspecified atom stereocenters. The molecule has 1 heterocycles. The van der Waals surface area contributed by atoms with Gasteiger partial charge in [0.2, 0.25) is 5.69 Å². The predicted octanol–water partition coefficient (Wildman–Crippen LogP) is 2.77. The van der Waals surface area contributed by atoms with Crippen LogP contribution in [0.4, 0.5) is 0 Å². The largest absolute Gasteiger partial charge is 0.352 e. The molecule has 1 N–H and O–H groups in total. The van der Waals surface area contributed by atoms with Crippen LogP contribution in [0.3, 0.4) is 0 Å². The van der Waals surface area contributed by atoms with Gasteiger partial charge in [0.1, 0.15) is 0 Å². The summed E-state index contributed by atoms with van der Waals surface area (Å²) in [5.41, 5.74) is 1.98. The number of nitrogens with zero attached hydrogens (tertiary/aromatic N) is 3. The first-order valence-electron chi connectivity index (χ1n) is 10.5. The van der Waals surface area contributed by atoms with E-state index in [1.807, 2.05) is 43.3 Å².